The van der Waals surface area contributed by atoms with Crippen LogP contribution in [-0.2, 0) is 10.3 Å². The van der Waals surface area contributed by atoms with Gasteiger partial charge in [0.25, 0.3) is 6.02 Å². The number of ether oxygens (including phenoxy) is 2. The zero-order valence-corrected chi connectivity index (χ0v) is 11.4. The Morgan fingerprint density at radius 1 is 1.32 bits per heavy atom. The zero-order chi connectivity index (χ0) is 13.7. The summed E-state index contributed by atoms with van der Waals surface area (Å²) in [7, 11) is 0. The molecular weight excluding hydrogens is 322 g/mol. The van der Waals surface area contributed by atoms with Gasteiger partial charge in [-0.25, -0.2) is 4.99 Å². The predicted molar refractivity (Wildman–Crippen MR) is 68.5 cm³/mol. The molecule has 1 spiro atoms. The summed E-state index contributed by atoms with van der Waals surface area (Å²) in [4.78, 5) is 3.93. The van der Waals surface area contributed by atoms with Crippen LogP contribution in [0.5, 0.6) is 5.75 Å². The first-order valence-corrected chi connectivity index (χ1v) is 6.53. The van der Waals surface area contributed by atoms with Gasteiger partial charge in [0, 0.05) is 16.5 Å². The lowest BCUT2D eigenvalue weighted by Crippen LogP contribution is -2.54. The second-order valence-electron chi connectivity index (χ2n) is 4.54. The number of fused-ring (bicyclic) bond motifs is 2. The maximum absolute atomic E-state index is 14.4. The van der Waals surface area contributed by atoms with Crippen LogP contribution in [0.15, 0.2) is 27.7 Å². The maximum atomic E-state index is 14.4. The molecule has 2 aliphatic rings. The summed E-state index contributed by atoms with van der Waals surface area (Å²) in [5.74, 6) is -2.72. The van der Waals surface area contributed by atoms with Crippen LogP contribution >= 0.6 is 15.9 Å². The van der Waals surface area contributed by atoms with Crippen LogP contribution in [0, 0.1) is 0 Å². The Labute approximate surface area is 116 Å². The van der Waals surface area contributed by atoms with E-state index in [1.165, 1.54) is 0 Å². The summed E-state index contributed by atoms with van der Waals surface area (Å²) in [5.41, 5.74) is 4.13. The summed E-state index contributed by atoms with van der Waals surface area (Å²) in [6, 6.07) is 4.78. The van der Waals surface area contributed by atoms with Crippen LogP contribution < -0.4 is 10.5 Å². The minimum atomic E-state index is -3.13. The second kappa shape index (κ2) is 4.06. The highest BCUT2D eigenvalue weighted by atomic mass is 79.9. The van der Waals surface area contributed by atoms with Crippen molar-refractivity contribution >= 4 is 22.0 Å². The average molecular weight is 333 g/mol. The fourth-order valence-corrected chi connectivity index (χ4v) is 2.84. The molecule has 7 heteroatoms. The third-order valence-corrected chi connectivity index (χ3v) is 3.91. The average Bonchev–Trinajstić information content (AvgIpc) is 2.36. The highest BCUT2D eigenvalue weighted by molar-refractivity contribution is 9.10. The van der Waals surface area contributed by atoms with Gasteiger partial charge in [0.15, 0.2) is 12.1 Å². The number of halogens is 3. The molecule has 0 bridgehead atoms. The van der Waals surface area contributed by atoms with Gasteiger partial charge in [-0.05, 0) is 18.2 Å². The Kier molecular flexibility index (Phi) is 2.70. The van der Waals surface area contributed by atoms with Crippen molar-refractivity contribution in [3.63, 3.8) is 0 Å². The smallest absolute Gasteiger partial charge is 0.310 e. The first-order valence-electron chi connectivity index (χ1n) is 5.73. The highest BCUT2D eigenvalue weighted by Crippen LogP contribution is 2.51. The Morgan fingerprint density at radius 3 is 2.89 bits per heavy atom. The van der Waals surface area contributed by atoms with Crippen molar-refractivity contribution in [1.82, 2.24) is 0 Å². The van der Waals surface area contributed by atoms with Crippen molar-refractivity contribution in [2.75, 3.05) is 13.2 Å². The lowest BCUT2D eigenvalue weighted by Gasteiger charge is -2.43. The van der Waals surface area contributed by atoms with Crippen molar-refractivity contribution in [2.24, 2.45) is 10.7 Å². The van der Waals surface area contributed by atoms with Crippen LogP contribution in [0.2, 0.25) is 0 Å². The van der Waals surface area contributed by atoms with Crippen molar-refractivity contribution in [2.45, 2.75) is 17.9 Å². The molecule has 0 fully saturated rings. The van der Waals surface area contributed by atoms with Gasteiger partial charge in [0.05, 0.1) is 6.61 Å². The van der Waals surface area contributed by atoms with E-state index in [9.17, 15) is 8.78 Å². The fraction of sp³-hybridized carbons (Fsp3) is 0.417. The second-order valence-corrected chi connectivity index (χ2v) is 5.46. The minimum Gasteiger partial charge on any atom is -0.493 e. The molecule has 0 aromatic heterocycles. The van der Waals surface area contributed by atoms with E-state index < -0.39 is 18.1 Å². The van der Waals surface area contributed by atoms with Crippen LogP contribution in [0.4, 0.5) is 8.78 Å². The first-order chi connectivity index (χ1) is 8.95. The van der Waals surface area contributed by atoms with Gasteiger partial charge < -0.3 is 15.2 Å². The molecule has 0 saturated carbocycles. The number of hydrogen-bond acceptors (Lipinski definition) is 4. The van der Waals surface area contributed by atoms with E-state index in [4.69, 9.17) is 15.2 Å². The molecule has 2 aliphatic heterocycles. The first kappa shape index (κ1) is 12.7. The highest BCUT2D eigenvalue weighted by Gasteiger charge is 2.60. The molecule has 0 saturated heterocycles. The molecule has 1 aromatic carbocycles. The van der Waals surface area contributed by atoms with Crippen LogP contribution in [0.25, 0.3) is 0 Å². The number of aliphatic imine (C=N–C) groups is 1. The molecule has 2 N–H and O–H groups in total. The molecule has 4 nitrogen and oxygen atoms in total. The van der Waals surface area contributed by atoms with Gasteiger partial charge in [0.1, 0.15) is 5.75 Å². The summed E-state index contributed by atoms with van der Waals surface area (Å²) < 4.78 is 39.5. The van der Waals surface area contributed by atoms with Gasteiger partial charge in [-0.1, -0.05) is 15.9 Å². The van der Waals surface area contributed by atoms with Crippen molar-refractivity contribution in [3.8, 4) is 5.75 Å². The molecule has 0 unspecified atom stereocenters. The molecule has 1 aromatic rings. The molecule has 19 heavy (non-hydrogen) atoms. The van der Waals surface area contributed by atoms with E-state index in [2.05, 4.69) is 20.9 Å². The Morgan fingerprint density at radius 2 is 2.11 bits per heavy atom. The van der Waals surface area contributed by atoms with Gasteiger partial charge in [-0.2, -0.15) is 8.78 Å². The van der Waals surface area contributed by atoms with Gasteiger partial charge >= 0.3 is 5.92 Å². The molecule has 0 radical (unpaired) electrons. The fourth-order valence-electron chi connectivity index (χ4n) is 2.48. The Balaban J connectivity index is 2.25. The number of nitrogens with zero attached hydrogens (tertiary/aromatic N) is 1. The third-order valence-electron chi connectivity index (χ3n) is 3.42. The zero-order valence-electron chi connectivity index (χ0n) is 9.83. The summed E-state index contributed by atoms with van der Waals surface area (Å²) in [5, 5.41) is 0. The number of alkyl halides is 2. The van der Waals surface area contributed by atoms with Crippen LogP contribution in [0.1, 0.15) is 12.0 Å². The number of benzene rings is 1. The summed E-state index contributed by atoms with van der Waals surface area (Å²) in [6.07, 6.45) is 0.0630. The molecular formula is C12H11BrF2N2O2. The number of hydrogen-bond donors (Lipinski definition) is 1. The molecule has 102 valence electrons. The summed E-state index contributed by atoms with van der Waals surface area (Å²) in [6.45, 7) is -0.602. The number of nitrogens with two attached hydrogens (primary N) is 1. The van der Waals surface area contributed by atoms with E-state index in [0.29, 0.717) is 15.8 Å². The van der Waals surface area contributed by atoms with E-state index in [1.54, 1.807) is 18.2 Å². The van der Waals surface area contributed by atoms with Crippen molar-refractivity contribution in [1.29, 1.82) is 0 Å². The predicted octanol–water partition coefficient (Wildman–Crippen LogP) is 2.41. The lowest BCUT2D eigenvalue weighted by atomic mass is 9.79. The minimum absolute atomic E-state index is 0.0630. The molecule has 1 atom stereocenters. The van der Waals surface area contributed by atoms with Crippen molar-refractivity contribution in [3.05, 3.63) is 28.2 Å². The normalized spacial score (nSPS) is 28.1. The monoisotopic (exact) mass is 332 g/mol. The van der Waals surface area contributed by atoms with Gasteiger partial charge in [-0.3, -0.25) is 0 Å². The molecule has 3 rings (SSSR count). The van der Waals surface area contributed by atoms with E-state index in [-0.39, 0.29) is 19.0 Å². The standard InChI is InChI=1S/C12H11BrF2N2O2/c13-7-1-2-9-8(5-7)11(3-4-18-9)12(14,15)6-19-10(16)17-11/h1-2,5H,3-4,6H2,(H2,16,17)/t11-/m1/s1. The van der Waals surface area contributed by atoms with Gasteiger partial charge in [-0.15, -0.1) is 0 Å². The maximum Gasteiger partial charge on any atom is 0.310 e. The Bertz CT molecular complexity index is 565. The van der Waals surface area contributed by atoms with Crippen LogP contribution in [-0.4, -0.2) is 25.2 Å². The van der Waals surface area contributed by atoms with Gasteiger partial charge in [0.2, 0.25) is 0 Å². The SMILES string of the molecule is NC1=N[C@@]2(CCOc3ccc(Br)cc32)C(F)(F)CO1. The third kappa shape index (κ3) is 1.79. The number of rotatable bonds is 0. The molecule has 0 aliphatic carbocycles. The van der Waals surface area contributed by atoms with E-state index in [1.807, 2.05) is 0 Å². The molecule has 2 heterocycles. The van der Waals surface area contributed by atoms with E-state index in [0.717, 1.165) is 0 Å². The quantitative estimate of drug-likeness (QED) is 0.793. The largest absolute Gasteiger partial charge is 0.493 e. The molecule has 0 amide bonds. The number of amidine groups is 1. The summed E-state index contributed by atoms with van der Waals surface area (Å²) >= 11 is 3.28. The lowest BCUT2D eigenvalue weighted by molar-refractivity contribution is -0.132. The topological polar surface area (TPSA) is 56.8 Å². The van der Waals surface area contributed by atoms with Crippen LogP contribution in [0.3, 0.4) is 0 Å². The van der Waals surface area contributed by atoms with E-state index >= 15 is 0 Å². The van der Waals surface area contributed by atoms with Crippen molar-refractivity contribution < 1.29 is 18.3 Å². The Hall–Kier alpha value is -1.37.